The first kappa shape index (κ1) is 17.3. The second kappa shape index (κ2) is 7.30. The van der Waals surface area contributed by atoms with Crippen LogP contribution in [0.3, 0.4) is 0 Å². The molecule has 0 aliphatic heterocycles. The maximum absolute atomic E-state index is 5.30. The van der Waals surface area contributed by atoms with E-state index in [4.69, 9.17) is 14.7 Å². The summed E-state index contributed by atoms with van der Waals surface area (Å²) in [5, 5.41) is 2.07. The zero-order chi connectivity index (χ0) is 18.9. The van der Waals surface area contributed by atoms with Crippen LogP contribution < -0.4 is 4.74 Å². The third-order valence-corrected chi connectivity index (χ3v) is 6.69. The van der Waals surface area contributed by atoms with Gasteiger partial charge in [-0.2, -0.15) is 0 Å². The van der Waals surface area contributed by atoms with Crippen molar-refractivity contribution in [3.8, 4) is 11.4 Å². The Morgan fingerprint density at radius 3 is 2.43 bits per heavy atom. The Morgan fingerprint density at radius 1 is 0.893 bits per heavy atom. The fraction of sp³-hybridized carbons (Fsp3) is 0.0909. The van der Waals surface area contributed by atoms with Gasteiger partial charge in [0, 0.05) is 5.69 Å². The Bertz CT molecular complexity index is 1230. The Kier molecular flexibility index (Phi) is 4.50. The summed E-state index contributed by atoms with van der Waals surface area (Å²) in [7, 11) is 1.68. The van der Waals surface area contributed by atoms with Crippen LogP contribution in [0, 0.1) is 0 Å². The first-order valence-electron chi connectivity index (χ1n) is 8.91. The smallest absolute Gasteiger partial charge is 0.174 e. The van der Waals surface area contributed by atoms with E-state index in [-0.39, 0.29) is 0 Å². The zero-order valence-electron chi connectivity index (χ0n) is 15.2. The lowest BCUT2D eigenvalue weighted by molar-refractivity contribution is 0.414. The largest absolute Gasteiger partial charge is 0.497 e. The number of para-hydroxylation sites is 3. The molecule has 0 aliphatic carbocycles. The molecule has 2 heterocycles. The van der Waals surface area contributed by atoms with Crippen LogP contribution in [-0.2, 0) is 5.75 Å². The fourth-order valence-electron chi connectivity index (χ4n) is 3.19. The number of benzene rings is 3. The van der Waals surface area contributed by atoms with Crippen molar-refractivity contribution in [1.82, 2.24) is 14.5 Å². The van der Waals surface area contributed by atoms with Gasteiger partial charge in [-0.25, -0.2) is 9.97 Å². The second-order valence-corrected chi connectivity index (χ2v) is 8.34. The van der Waals surface area contributed by atoms with Gasteiger partial charge in [0.05, 0.1) is 34.1 Å². The highest BCUT2D eigenvalue weighted by atomic mass is 32.2. The first-order chi connectivity index (χ1) is 13.8. The number of ether oxygens (including phenoxy) is 1. The van der Waals surface area contributed by atoms with Crippen molar-refractivity contribution in [2.24, 2.45) is 0 Å². The molecular weight excluding hydrogens is 386 g/mol. The second-order valence-electron chi connectivity index (χ2n) is 6.28. The standard InChI is InChI=1S/C22H17N3OS2/c1-26-16-12-10-15(11-13-16)25-19-8-4-2-6-17(19)24-22(25)27-14-21-23-18-7-3-5-9-20(18)28-21/h2-13H,14H2,1H3. The fourth-order valence-corrected chi connectivity index (χ4v) is 5.18. The number of rotatable bonds is 5. The van der Waals surface area contributed by atoms with Crippen LogP contribution >= 0.6 is 23.1 Å². The van der Waals surface area contributed by atoms with Crippen LogP contribution in [0.5, 0.6) is 5.75 Å². The Balaban J connectivity index is 1.52. The molecule has 3 aromatic carbocycles. The molecule has 0 fully saturated rings. The molecule has 0 radical (unpaired) electrons. The lowest BCUT2D eigenvalue weighted by Gasteiger charge is -2.09. The molecule has 0 spiro atoms. The average molecular weight is 404 g/mol. The number of aromatic nitrogens is 3. The van der Waals surface area contributed by atoms with Crippen LogP contribution in [0.15, 0.2) is 78.0 Å². The first-order valence-corrected chi connectivity index (χ1v) is 10.7. The van der Waals surface area contributed by atoms with Gasteiger partial charge in [-0.3, -0.25) is 4.57 Å². The monoisotopic (exact) mass is 403 g/mol. The number of hydrogen-bond donors (Lipinski definition) is 0. The van der Waals surface area contributed by atoms with Crippen LogP contribution in [0.2, 0.25) is 0 Å². The highest BCUT2D eigenvalue weighted by Gasteiger charge is 2.14. The van der Waals surface area contributed by atoms with Crippen molar-refractivity contribution in [1.29, 1.82) is 0 Å². The normalized spacial score (nSPS) is 11.3. The zero-order valence-corrected chi connectivity index (χ0v) is 16.8. The molecule has 28 heavy (non-hydrogen) atoms. The van der Waals surface area contributed by atoms with E-state index >= 15 is 0 Å². The number of hydrogen-bond acceptors (Lipinski definition) is 5. The minimum absolute atomic E-state index is 0.790. The maximum atomic E-state index is 5.30. The van der Waals surface area contributed by atoms with Gasteiger partial charge in [-0.1, -0.05) is 36.0 Å². The SMILES string of the molecule is COc1ccc(-n2c(SCc3nc4ccccc4s3)nc3ccccc32)cc1. The molecular formula is C22H17N3OS2. The molecule has 2 aromatic heterocycles. The van der Waals surface area contributed by atoms with Crippen LogP contribution in [-0.4, -0.2) is 21.6 Å². The summed E-state index contributed by atoms with van der Waals surface area (Å²) in [6.07, 6.45) is 0. The summed E-state index contributed by atoms with van der Waals surface area (Å²) in [6.45, 7) is 0. The van der Waals surface area contributed by atoms with Crippen LogP contribution in [0.4, 0.5) is 0 Å². The number of thioether (sulfide) groups is 1. The van der Waals surface area contributed by atoms with E-state index in [1.807, 2.05) is 30.3 Å². The molecule has 0 aliphatic rings. The van der Waals surface area contributed by atoms with Crippen molar-refractivity contribution in [2.75, 3.05) is 7.11 Å². The number of nitrogens with zero attached hydrogens (tertiary/aromatic N) is 3. The van der Waals surface area contributed by atoms with Gasteiger partial charge >= 0.3 is 0 Å². The van der Waals surface area contributed by atoms with E-state index in [0.29, 0.717) is 0 Å². The molecule has 6 heteroatoms. The van der Waals surface area contributed by atoms with E-state index < -0.39 is 0 Å². The number of fused-ring (bicyclic) bond motifs is 2. The van der Waals surface area contributed by atoms with Gasteiger partial charge in [0.1, 0.15) is 10.8 Å². The van der Waals surface area contributed by atoms with Gasteiger partial charge < -0.3 is 4.74 Å². The molecule has 0 saturated heterocycles. The highest BCUT2D eigenvalue weighted by molar-refractivity contribution is 7.98. The van der Waals surface area contributed by atoms with Crippen LogP contribution in [0.1, 0.15) is 5.01 Å². The predicted octanol–water partition coefficient (Wildman–Crippen LogP) is 5.94. The van der Waals surface area contributed by atoms with E-state index in [1.165, 1.54) is 4.70 Å². The lowest BCUT2D eigenvalue weighted by Crippen LogP contribution is -1.97. The van der Waals surface area contributed by atoms with Crippen molar-refractivity contribution < 1.29 is 4.74 Å². The Hall–Kier alpha value is -2.83. The Morgan fingerprint density at radius 2 is 1.64 bits per heavy atom. The molecule has 5 aromatic rings. The van der Waals surface area contributed by atoms with E-state index in [0.717, 1.165) is 43.9 Å². The lowest BCUT2D eigenvalue weighted by atomic mass is 10.2. The summed E-state index contributed by atoms with van der Waals surface area (Å²) >= 11 is 3.46. The third-order valence-electron chi connectivity index (χ3n) is 4.52. The van der Waals surface area contributed by atoms with Gasteiger partial charge in [-0.05, 0) is 48.5 Å². The minimum atomic E-state index is 0.790. The van der Waals surface area contributed by atoms with Gasteiger partial charge in [0.15, 0.2) is 5.16 Å². The van der Waals surface area contributed by atoms with E-state index in [2.05, 4.69) is 47.0 Å². The van der Waals surface area contributed by atoms with Crippen molar-refractivity contribution in [3.05, 3.63) is 77.8 Å². The summed E-state index contributed by atoms with van der Waals surface area (Å²) in [4.78, 5) is 9.62. The Labute approximate surface area is 170 Å². The summed E-state index contributed by atoms with van der Waals surface area (Å²) < 4.78 is 8.73. The quantitative estimate of drug-likeness (QED) is 0.341. The van der Waals surface area contributed by atoms with E-state index in [9.17, 15) is 0 Å². The molecule has 0 N–H and O–H groups in total. The molecule has 0 saturated carbocycles. The molecule has 4 nitrogen and oxygen atoms in total. The van der Waals surface area contributed by atoms with Gasteiger partial charge in [0.2, 0.25) is 0 Å². The molecule has 0 atom stereocenters. The third kappa shape index (κ3) is 3.15. The molecule has 5 rings (SSSR count). The number of thiazole rings is 1. The molecule has 0 unspecified atom stereocenters. The number of imidazole rings is 1. The van der Waals surface area contributed by atoms with Crippen molar-refractivity contribution in [3.63, 3.8) is 0 Å². The van der Waals surface area contributed by atoms with Crippen molar-refractivity contribution in [2.45, 2.75) is 10.9 Å². The van der Waals surface area contributed by atoms with Gasteiger partial charge in [-0.15, -0.1) is 11.3 Å². The summed E-state index contributed by atoms with van der Waals surface area (Å²) in [6, 6.07) is 24.6. The van der Waals surface area contributed by atoms with Gasteiger partial charge in [0.25, 0.3) is 0 Å². The maximum Gasteiger partial charge on any atom is 0.174 e. The topological polar surface area (TPSA) is 39.9 Å². The number of methoxy groups -OCH3 is 1. The molecule has 138 valence electrons. The van der Waals surface area contributed by atoms with E-state index in [1.54, 1.807) is 30.2 Å². The summed E-state index contributed by atoms with van der Waals surface area (Å²) in [5.74, 6) is 1.63. The highest BCUT2D eigenvalue weighted by Crippen LogP contribution is 2.32. The average Bonchev–Trinajstić information content (AvgIpc) is 3.33. The summed E-state index contributed by atoms with van der Waals surface area (Å²) in [5.41, 5.74) is 4.22. The predicted molar refractivity (Wildman–Crippen MR) is 117 cm³/mol. The molecule has 0 amide bonds. The van der Waals surface area contributed by atoms with Crippen LogP contribution in [0.25, 0.3) is 26.9 Å². The minimum Gasteiger partial charge on any atom is -0.497 e. The molecule has 0 bridgehead atoms. The van der Waals surface area contributed by atoms with Crippen molar-refractivity contribution >= 4 is 44.3 Å².